The van der Waals surface area contributed by atoms with Gasteiger partial charge in [-0.1, -0.05) is 22.0 Å². The molecule has 0 saturated heterocycles. The van der Waals surface area contributed by atoms with E-state index in [1.165, 1.54) is 29.0 Å². The van der Waals surface area contributed by atoms with Gasteiger partial charge in [-0.3, -0.25) is 4.79 Å². The van der Waals surface area contributed by atoms with Crippen LogP contribution in [0.3, 0.4) is 0 Å². The molecule has 0 aliphatic heterocycles. The van der Waals surface area contributed by atoms with Crippen molar-refractivity contribution in [1.29, 1.82) is 0 Å². The molecule has 0 atom stereocenters. The number of carbonyl (C=O) groups is 1. The summed E-state index contributed by atoms with van der Waals surface area (Å²) >= 11 is 3.94. The first kappa shape index (κ1) is 13.6. The lowest BCUT2D eigenvalue weighted by Crippen LogP contribution is -2.25. The van der Waals surface area contributed by atoms with Crippen molar-refractivity contribution in [3.63, 3.8) is 0 Å². The number of thiol groups is 1. The van der Waals surface area contributed by atoms with Gasteiger partial charge < -0.3 is 10.4 Å². The van der Waals surface area contributed by atoms with E-state index in [1.54, 1.807) is 0 Å². The predicted octanol–water partition coefficient (Wildman–Crippen LogP) is 2.64. The third-order valence-corrected chi connectivity index (χ3v) is 2.80. The van der Waals surface area contributed by atoms with Crippen molar-refractivity contribution in [2.24, 2.45) is 5.11 Å². The fourth-order valence-electron chi connectivity index (χ4n) is 1.13. The third-order valence-electron chi connectivity index (χ3n) is 1.87. The van der Waals surface area contributed by atoms with Crippen LogP contribution in [0.25, 0.3) is 10.4 Å². The van der Waals surface area contributed by atoms with Crippen LogP contribution >= 0.6 is 22.5 Å². The van der Waals surface area contributed by atoms with Crippen LogP contribution in [0.4, 0.5) is 5.69 Å². The smallest absolute Gasteiger partial charge is 0.255 e. The number of benzene rings is 1. The largest absolute Gasteiger partial charge is 0.507 e. The molecule has 2 N–H and O–H groups in total. The Labute approximate surface area is 107 Å². The van der Waals surface area contributed by atoms with E-state index in [4.69, 9.17) is 5.53 Å². The van der Waals surface area contributed by atoms with Gasteiger partial charge in [0.1, 0.15) is 5.75 Å². The van der Waals surface area contributed by atoms with E-state index in [9.17, 15) is 9.90 Å². The highest BCUT2D eigenvalue weighted by Gasteiger charge is 2.10. The van der Waals surface area contributed by atoms with E-state index >= 15 is 0 Å². The monoisotopic (exact) mass is 270 g/mol. The van der Waals surface area contributed by atoms with Crippen molar-refractivity contribution < 1.29 is 9.90 Å². The molecule has 0 heterocycles. The zero-order chi connectivity index (χ0) is 12.7. The maximum Gasteiger partial charge on any atom is 0.255 e. The maximum atomic E-state index is 11.6. The molecule has 1 amide bonds. The first-order valence-corrected chi connectivity index (χ1v) is 6.65. The Balaban J connectivity index is 2.77. The first-order chi connectivity index (χ1) is 8.19. The molecule has 0 radical (unpaired) electrons. The summed E-state index contributed by atoms with van der Waals surface area (Å²) in [6.07, 6.45) is 0. The van der Waals surface area contributed by atoms with Crippen LogP contribution in [0.2, 0.25) is 0 Å². The van der Waals surface area contributed by atoms with Crippen molar-refractivity contribution in [3.8, 4) is 5.75 Å². The van der Waals surface area contributed by atoms with Crippen molar-refractivity contribution in [2.45, 2.75) is 0 Å². The number of azide groups is 1. The highest BCUT2D eigenvalue weighted by molar-refractivity contribution is 8.68. The van der Waals surface area contributed by atoms with Gasteiger partial charge in [-0.15, -0.1) is 11.7 Å². The molecule has 1 rings (SSSR count). The number of nitrogens with one attached hydrogen (secondary N) is 1. The topological polar surface area (TPSA) is 98.1 Å². The lowest BCUT2D eigenvalue weighted by atomic mass is 10.1. The van der Waals surface area contributed by atoms with Crippen LogP contribution in [0.5, 0.6) is 5.75 Å². The maximum absolute atomic E-state index is 11.6. The van der Waals surface area contributed by atoms with Crippen molar-refractivity contribution in [2.75, 3.05) is 12.3 Å². The Morgan fingerprint density at radius 2 is 2.41 bits per heavy atom. The Kier molecular flexibility index (Phi) is 5.55. The van der Waals surface area contributed by atoms with Gasteiger partial charge in [-0.25, -0.2) is 0 Å². The van der Waals surface area contributed by atoms with Gasteiger partial charge >= 0.3 is 0 Å². The molecule has 1 aromatic carbocycles. The summed E-state index contributed by atoms with van der Waals surface area (Å²) in [6, 6.07) is 4.10. The first-order valence-electron chi connectivity index (χ1n) is 4.61. The molecule has 0 aliphatic carbocycles. The molecule has 0 saturated carbocycles. The minimum absolute atomic E-state index is 0.144. The molecule has 0 unspecified atom stereocenters. The predicted molar refractivity (Wildman–Crippen MR) is 70.7 cm³/mol. The van der Waals surface area contributed by atoms with E-state index in [0.29, 0.717) is 12.3 Å². The number of aromatic hydroxyl groups is 1. The molecule has 0 spiro atoms. The van der Waals surface area contributed by atoms with Crippen LogP contribution < -0.4 is 5.32 Å². The summed E-state index contributed by atoms with van der Waals surface area (Å²) in [4.78, 5) is 14.2. The fourth-order valence-corrected chi connectivity index (χ4v) is 1.60. The SMILES string of the molecule is [N-]=[N+]=Nc1ccc(C(=O)NCCSS)c(O)c1. The number of hydrogen-bond donors (Lipinski definition) is 3. The van der Waals surface area contributed by atoms with Crippen LogP contribution in [-0.2, 0) is 0 Å². The van der Waals surface area contributed by atoms with Crippen molar-refractivity contribution >= 4 is 34.0 Å². The van der Waals surface area contributed by atoms with Crippen molar-refractivity contribution in [3.05, 3.63) is 34.2 Å². The molecule has 17 heavy (non-hydrogen) atoms. The lowest BCUT2D eigenvalue weighted by molar-refractivity contribution is 0.0953. The van der Waals surface area contributed by atoms with Crippen LogP contribution in [0.1, 0.15) is 10.4 Å². The zero-order valence-electron chi connectivity index (χ0n) is 8.70. The summed E-state index contributed by atoms with van der Waals surface area (Å²) in [5.41, 5.74) is 8.62. The van der Waals surface area contributed by atoms with Gasteiger partial charge in [0.15, 0.2) is 0 Å². The van der Waals surface area contributed by atoms with Gasteiger partial charge in [0.05, 0.1) is 5.56 Å². The molecule has 90 valence electrons. The van der Waals surface area contributed by atoms with E-state index in [1.807, 2.05) is 0 Å². The summed E-state index contributed by atoms with van der Waals surface area (Å²) in [6.45, 7) is 0.463. The number of rotatable bonds is 5. The number of phenols is 1. The number of nitrogens with zero attached hydrogens (tertiary/aromatic N) is 3. The Morgan fingerprint density at radius 1 is 1.65 bits per heavy atom. The van der Waals surface area contributed by atoms with Crippen LogP contribution in [0.15, 0.2) is 23.3 Å². The Hall–Kier alpha value is -1.50. The fraction of sp³-hybridized carbons (Fsp3) is 0.222. The second-order valence-corrected chi connectivity index (χ2v) is 4.42. The molecule has 0 bridgehead atoms. The van der Waals surface area contributed by atoms with Crippen LogP contribution in [0, 0.1) is 0 Å². The standard InChI is InChI=1S/C9H10N4O2S2/c10-13-12-6-1-2-7(8(14)5-6)9(15)11-3-4-17-16/h1-2,5,14,16H,3-4H2,(H,11,15). The zero-order valence-corrected chi connectivity index (χ0v) is 10.4. The number of amides is 1. The molecule has 1 aromatic rings. The molecule has 0 aliphatic rings. The quantitative estimate of drug-likeness (QED) is 0.191. The number of hydrogen-bond acceptors (Lipinski definition) is 5. The number of phenolic OH excluding ortho intramolecular Hbond substituents is 1. The Morgan fingerprint density at radius 3 is 3.00 bits per heavy atom. The van der Waals surface area contributed by atoms with Gasteiger partial charge in [0.25, 0.3) is 5.91 Å². The molecule has 0 aromatic heterocycles. The van der Waals surface area contributed by atoms with Gasteiger partial charge in [-0.05, 0) is 17.7 Å². The molecule has 8 heteroatoms. The van der Waals surface area contributed by atoms with Gasteiger partial charge in [0.2, 0.25) is 0 Å². The van der Waals surface area contributed by atoms with E-state index < -0.39 is 0 Å². The van der Waals surface area contributed by atoms with Gasteiger partial charge in [0, 0.05) is 22.9 Å². The molecular formula is C9H10N4O2S2. The molecular weight excluding hydrogens is 260 g/mol. The second kappa shape index (κ2) is 6.95. The highest BCUT2D eigenvalue weighted by Crippen LogP contribution is 2.23. The summed E-state index contributed by atoms with van der Waals surface area (Å²) in [5, 5.41) is 15.5. The lowest BCUT2D eigenvalue weighted by Gasteiger charge is -2.06. The van der Waals surface area contributed by atoms with Crippen LogP contribution in [-0.4, -0.2) is 23.3 Å². The molecule has 0 fully saturated rings. The average Bonchev–Trinajstić information content (AvgIpc) is 2.29. The van der Waals surface area contributed by atoms with Gasteiger partial charge in [-0.2, -0.15) is 0 Å². The van der Waals surface area contributed by atoms with E-state index in [-0.39, 0.29) is 22.9 Å². The average molecular weight is 270 g/mol. The summed E-state index contributed by atoms with van der Waals surface area (Å²) in [5.74, 6) is 0.0789. The van der Waals surface area contributed by atoms with Crippen molar-refractivity contribution in [1.82, 2.24) is 5.32 Å². The van der Waals surface area contributed by atoms with E-state index in [0.717, 1.165) is 0 Å². The minimum atomic E-state index is -0.377. The summed E-state index contributed by atoms with van der Waals surface area (Å²) < 4.78 is 0. The normalized spacial score (nSPS) is 9.47. The third kappa shape index (κ3) is 4.10. The summed E-state index contributed by atoms with van der Waals surface area (Å²) in [7, 11) is 1.31. The minimum Gasteiger partial charge on any atom is -0.507 e. The second-order valence-electron chi connectivity index (χ2n) is 2.98. The highest BCUT2D eigenvalue weighted by atomic mass is 33.1. The molecule has 6 nitrogen and oxygen atoms in total. The number of carbonyl (C=O) groups excluding carboxylic acids is 1. The van der Waals surface area contributed by atoms with E-state index in [2.05, 4.69) is 27.0 Å². The Bertz CT molecular complexity index is 460.